The summed E-state index contributed by atoms with van der Waals surface area (Å²) in [7, 11) is 3.34. The number of hydrogen-bond acceptors (Lipinski definition) is 4. The Kier molecular flexibility index (Phi) is 5.05. The Labute approximate surface area is 115 Å². The fraction of sp³-hybridized carbons (Fsp3) is 0.600. The van der Waals surface area contributed by atoms with Crippen molar-refractivity contribution < 1.29 is 14.2 Å². The highest BCUT2D eigenvalue weighted by Gasteiger charge is 2.22. The molecule has 1 heterocycles. The van der Waals surface area contributed by atoms with E-state index < -0.39 is 0 Å². The fourth-order valence-electron chi connectivity index (χ4n) is 2.46. The van der Waals surface area contributed by atoms with Gasteiger partial charge < -0.3 is 19.5 Å². The summed E-state index contributed by atoms with van der Waals surface area (Å²) in [5, 5.41) is 3.50. The third kappa shape index (κ3) is 3.19. The third-order valence-electron chi connectivity index (χ3n) is 3.44. The van der Waals surface area contributed by atoms with Crippen LogP contribution in [0.15, 0.2) is 12.1 Å². The molecule has 0 amide bonds. The van der Waals surface area contributed by atoms with Crippen molar-refractivity contribution >= 4 is 0 Å². The molecule has 2 rings (SSSR count). The van der Waals surface area contributed by atoms with Crippen molar-refractivity contribution in [2.75, 3.05) is 34.0 Å². The predicted octanol–water partition coefficient (Wildman–Crippen LogP) is 2.32. The van der Waals surface area contributed by atoms with Gasteiger partial charge in [0.05, 0.1) is 26.9 Å². The van der Waals surface area contributed by atoms with Gasteiger partial charge in [-0.1, -0.05) is 6.92 Å². The Morgan fingerprint density at radius 2 is 1.95 bits per heavy atom. The minimum atomic E-state index is 0.245. The zero-order valence-electron chi connectivity index (χ0n) is 12.0. The van der Waals surface area contributed by atoms with Crippen molar-refractivity contribution in [1.82, 2.24) is 5.32 Å². The Morgan fingerprint density at radius 3 is 2.63 bits per heavy atom. The first-order valence-corrected chi connectivity index (χ1v) is 6.86. The lowest BCUT2D eigenvalue weighted by molar-refractivity contribution is 0.110. The standard InChI is InChI=1S/C15H23NO3/c1-4-7-19-10-13-12-9-15(18-3)14(17-2)8-11(12)5-6-16-13/h8-9,13,16H,4-7,10H2,1-3H3. The van der Waals surface area contributed by atoms with Gasteiger partial charge in [-0.05, 0) is 42.6 Å². The van der Waals surface area contributed by atoms with Crippen LogP contribution in [0.25, 0.3) is 0 Å². The van der Waals surface area contributed by atoms with Crippen LogP contribution < -0.4 is 14.8 Å². The molecule has 1 aromatic rings. The summed E-state index contributed by atoms with van der Waals surface area (Å²) in [6, 6.07) is 4.40. The first-order chi connectivity index (χ1) is 9.30. The van der Waals surface area contributed by atoms with Gasteiger partial charge in [0, 0.05) is 6.61 Å². The van der Waals surface area contributed by atoms with Crippen LogP contribution in [0.4, 0.5) is 0 Å². The van der Waals surface area contributed by atoms with Gasteiger partial charge in [0.1, 0.15) is 0 Å². The minimum Gasteiger partial charge on any atom is -0.493 e. The van der Waals surface area contributed by atoms with Crippen molar-refractivity contribution in [1.29, 1.82) is 0 Å². The van der Waals surface area contributed by atoms with Crippen LogP contribution in [-0.2, 0) is 11.2 Å². The van der Waals surface area contributed by atoms with E-state index in [0.29, 0.717) is 6.61 Å². The molecule has 0 spiro atoms. The first-order valence-electron chi connectivity index (χ1n) is 6.86. The molecule has 4 heteroatoms. The van der Waals surface area contributed by atoms with Gasteiger partial charge in [-0.15, -0.1) is 0 Å². The zero-order chi connectivity index (χ0) is 13.7. The second kappa shape index (κ2) is 6.78. The van der Waals surface area contributed by atoms with Crippen LogP contribution in [0.2, 0.25) is 0 Å². The fourth-order valence-corrected chi connectivity index (χ4v) is 2.46. The Balaban J connectivity index is 2.22. The molecule has 1 aliphatic rings. The van der Waals surface area contributed by atoms with E-state index in [0.717, 1.165) is 37.5 Å². The molecule has 1 atom stereocenters. The van der Waals surface area contributed by atoms with Crippen molar-refractivity contribution in [2.24, 2.45) is 0 Å². The lowest BCUT2D eigenvalue weighted by atomic mass is 9.94. The topological polar surface area (TPSA) is 39.7 Å². The maximum Gasteiger partial charge on any atom is 0.161 e. The van der Waals surface area contributed by atoms with Crippen LogP contribution in [-0.4, -0.2) is 34.0 Å². The van der Waals surface area contributed by atoms with E-state index in [-0.39, 0.29) is 6.04 Å². The molecule has 0 fully saturated rings. The number of hydrogen-bond donors (Lipinski definition) is 1. The van der Waals surface area contributed by atoms with Gasteiger partial charge in [-0.2, -0.15) is 0 Å². The third-order valence-corrected chi connectivity index (χ3v) is 3.44. The summed E-state index contributed by atoms with van der Waals surface area (Å²) in [6.45, 7) is 4.61. The molecular formula is C15H23NO3. The summed E-state index contributed by atoms with van der Waals surface area (Å²) in [5.74, 6) is 1.59. The van der Waals surface area contributed by atoms with Crippen LogP contribution in [0.5, 0.6) is 11.5 Å². The summed E-state index contributed by atoms with van der Waals surface area (Å²) in [5.41, 5.74) is 2.58. The summed E-state index contributed by atoms with van der Waals surface area (Å²) >= 11 is 0. The predicted molar refractivity (Wildman–Crippen MR) is 75.1 cm³/mol. The lowest BCUT2D eigenvalue weighted by Crippen LogP contribution is -2.33. The number of rotatable bonds is 6. The van der Waals surface area contributed by atoms with E-state index in [1.54, 1.807) is 14.2 Å². The minimum absolute atomic E-state index is 0.245. The van der Waals surface area contributed by atoms with Gasteiger partial charge in [-0.25, -0.2) is 0 Å². The summed E-state index contributed by atoms with van der Waals surface area (Å²) < 4.78 is 16.4. The molecule has 19 heavy (non-hydrogen) atoms. The first kappa shape index (κ1) is 14.2. The highest BCUT2D eigenvalue weighted by atomic mass is 16.5. The van der Waals surface area contributed by atoms with Gasteiger partial charge in [-0.3, -0.25) is 0 Å². The van der Waals surface area contributed by atoms with Crippen LogP contribution in [0.1, 0.15) is 30.5 Å². The SMILES string of the molecule is CCCOCC1NCCc2cc(OC)c(OC)cc21. The second-order valence-corrected chi connectivity index (χ2v) is 4.74. The highest BCUT2D eigenvalue weighted by molar-refractivity contribution is 5.49. The monoisotopic (exact) mass is 265 g/mol. The molecule has 1 unspecified atom stereocenters. The maximum atomic E-state index is 5.67. The highest BCUT2D eigenvalue weighted by Crippen LogP contribution is 2.35. The van der Waals surface area contributed by atoms with E-state index in [1.807, 2.05) is 0 Å². The Hall–Kier alpha value is -1.26. The normalized spacial score (nSPS) is 17.9. The molecule has 0 aromatic heterocycles. The molecule has 0 radical (unpaired) electrons. The lowest BCUT2D eigenvalue weighted by Gasteiger charge is -2.28. The van der Waals surface area contributed by atoms with Crippen molar-refractivity contribution in [3.63, 3.8) is 0 Å². The average molecular weight is 265 g/mol. The zero-order valence-corrected chi connectivity index (χ0v) is 12.0. The molecule has 0 saturated heterocycles. The smallest absolute Gasteiger partial charge is 0.161 e. The van der Waals surface area contributed by atoms with E-state index in [4.69, 9.17) is 14.2 Å². The van der Waals surface area contributed by atoms with E-state index in [9.17, 15) is 0 Å². The molecule has 4 nitrogen and oxygen atoms in total. The van der Waals surface area contributed by atoms with E-state index in [2.05, 4.69) is 24.4 Å². The van der Waals surface area contributed by atoms with Gasteiger partial charge in [0.25, 0.3) is 0 Å². The molecule has 0 bridgehead atoms. The Bertz CT molecular complexity index is 420. The average Bonchev–Trinajstić information content (AvgIpc) is 2.46. The van der Waals surface area contributed by atoms with Crippen molar-refractivity contribution in [3.8, 4) is 11.5 Å². The summed E-state index contributed by atoms with van der Waals surface area (Å²) in [6.07, 6.45) is 2.06. The molecule has 0 aliphatic carbocycles. The molecule has 1 N–H and O–H groups in total. The quantitative estimate of drug-likeness (QED) is 0.801. The molecule has 0 saturated carbocycles. The number of nitrogens with one attached hydrogen (secondary N) is 1. The van der Waals surface area contributed by atoms with Gasteiger partial charge in [0.2, 0.25) is 0 Å². The molecular weight excluding hydrogens is 242 g/mol. The second-order valence-electron chi connectivity index (χ2n) is 4.74. The van der Waals surface area contributed by atoms with Crippen molar-refractivity contribution in [2.45, 2.75) is 25.8 Å². The molecule has 1 aliphatic heterocycles. The Morgan fingerprint density at radius 1 is 1.21 bits per heavy atom. The largest absolute Gasteiger partial charge is 0.493 e. The molecule has 1 aromatic carbocycles. The summed E-state index contributed by atoms with van der Waals surface area (Å²) in [4.78, 5) is 0. The number of benzene rings is 1. The van der Waals surface area contributed by atoms with E-state index in [1.165, 1.54) is 11.1 Å². The van der Waals surface area contributed by atoms with Crippen molar-refractivity contribution in [3.05, 3.63) is 23.3 Å². The van der Waals surface area contributed by atoms with Gasteiger partial charge >= 0.3 is 0 Å². The van der Waals surface area contributed by atoms with Crippen LogP contribution in [0.3, 0.4) is 0 Å². The number of methoxy groups -OCH3 is 2. The van der Waals surface area contributed by atoms with Crippen LogP contribution in [0, 0.1) is 0 Å². The number of ether oxygens (including phenoxy) is 3. The van der Waals surface area contributed by atoms with Crippen LogP contribution >= 0.6 is 0 Å². The van der Waals surface area contributed by atoms with E-state index >= 15 is 0 Å². The maximum absolute atomic E-state index is 5.67. The molecule has 106 valence electrons. The number of fused-ring (bicyclic) bond motifs is 1. The van der Waals surface area contributed by atoms with Gasteiger partial charge in [0.15, 0.2) is 11.5 Å².